The lowest BCUT2D eigenvalue weighted by Crippen LogP contribution is -2.25. The third-order valence-electron chi connectivity index (χ3n) is 3.43. The number of hydrogen-bond acceptors (Lipinski definition) is 2. The highest BCUT2D eigenvalue weighted by molar-refractivity contribution is 7.99. The van der Waals surface area contributed by atoms with Gasteiger partial charge in [-0.3, -0.25) is 4.79 Å². The highest BCUT2D eigenvalue weighted by atomic mass is 32.2. The quantitative estimate of drug-likeness (QED) is 0.829. The predicted octanol–water partition coefficient (Wildman–Crippen LogP) is 1.17. The highest BCUT2D eigenvalue weighted by Crippen LogP contribution is 2.21. The Bertz CT molecular complexity index is 605. The molecular weight excluding hydrogens is 333 g/mol. The molecule has 1 atom stereocenters. The summed E-state index contributed by atoms with van der Waals surface area (Å²) in [5.41, 5.74) is 8.54. The number of primary amides is 1. The Morgan fingerprint density at radius 2 is 1.46 bits per heavy atom. The van der Waals surface area contributed by atoms with Crippen molar-refractivity contribution >= 4 is 17.7 Å². The Kier molecular flexibility index (Phi) is 11.7. The highest BCUT2D eigenvalue weighted by Gasteiger charge is 2.13. The van der Waals surface area contributed by atoms with Crippen LogP contribution >= 0.6 is 11.8 Å². The molecule has 0 aliphatic heterocycles. The summed E-state index contributed by atoms with van der Waals surface area (Å²) >= 11 is 1.49. The Labute approximate surface area is 145 Å². The molecule has 1 unspecified atom stereocenters. The largest absolute Gasteiger partial charge is 0.412 e. The zero-order chi connectivity index (χ0) is 15.2. The van der Waals surface area contributed by atoms with Gasteiger partial charge in [-0.2, -0.15) is 11.8 Å². The molecule has 5 nitrogen and oxygen atoms in total. The number of nitrogens with two attached hydrogens (primary N) is 1. The van der Waals surface area contributed by atoms with Crippen LogP contribution < -0.4 is 5.73 Å². The topological polar surface area (TPSA) is 138 Å². The van der Waals surface area contributed by atoms with Crippen LogP contribution in [0.1, 0.15) is 12.0 Å². The van der Waals surface area contributed by atoms with Crippen molar-refractivity contribution in [2.45, 2.75) is 18.1 Å². The number of carbonyl (C=O) groups excluding carboxylic acids is 1. The third kappa shape index (κ3) is 6.67. The smallest absolute Gasteiger partial charge is 0.230 e. The van der Waals surface area contributed by atoms with Crippen LogP contribution in [0.3, 0.4) is 0 Å². The fourth-order valence-corrected chi connectivity index (χ4v) is 2.77. The molecule has 0 spiro atoms. The molecule has 0 aromatic heterocycles. The van der Waals surface area contributed by atoms with Crippen LogP contribution in [0.4, 0.5) is 4.39 Å². The van der Waals surface area contributed by atoms with Gasteiger partial charge < -0.3 is 22.2 Å². The number of halogens is 1. The minimum absolute atomic E-state index is 0. The van der Waals surface area contributed by atoms with E-state index in [1.54, 1.807) is 12.1 Å². The van der Waals surface area contributed by atoms with Gasteiger partial charge in [-0.05, 0) is 47.9 Å². The second-order valence-corrected chi connectivity index (χ2v) is 5.91. The van der Waals surface area contributed by atoms with Crippen LogP contribution in [-0.2, 0) is 11.2 Å². The maximum atomic E-state index is 12.9. The Morgan fingerprint density at radius 1 is 1.00 bits per heavy atom. The number of aryl methyl sites for hydroxylation is 1. The van der Waals surface area contributed by atoms with E-state index in [4.69, 9.17) is 5.73 Å². The van der Waals surface area contributed by atoms with E-state index in [1.165, 1.54) is 29.5 Å². The van der Waals surface area contributed by atoms with E-state index in [0.717, 1.165) is 24.0 Å². The van der Waals surface area contributed by atoms with Gasteiger partial charge in [0.1, 0.15) is 5.82 Å². The number of thioether (sulfide) groups is 1. The molecule has 0 bridgehead atoms. The summed E-state index contributed by atoms with van der Waals surface area (Å²) in [4.78, 5) is 11.2. The van der Waals surface area contributed by atoms with E-state index < -0.39 is 0 Å². The lowest BCUT2D eigenvalue weighted by Gasteiger charge is -2.10. The van der Waals surface area contributed by atoms with Gasteiger partial charge in [-0.25, -0.2) is 4.39 Å². The van der Waals surface area contributed by atoms with Crippen LogP contribution in [-0.4, -0.2) is 33.8 Å². The molecule has 1 amide bonds. The van der Waals surface area contributed by atoms with Gasteiger partial charge in [0.05, 0.1) is 5.25 Å². The maximum absolute atomic E-state index is 12.9. The molecule has 0 saturated carbocycles. The molecular formula is C17H24FNO4S. The molecule has 0 saturated heterocycles. The first kappa shape index (κ1) is 24.3. The molecule has 2 aromatic carbocycles. The average molecular weight is 357 g/mol. The van der Waals surface area contributed by atoms with Crippen molar-refractivity contribution in [2.75, 3.05) is 6.26 Å². The van der Waals surface area contributed by atoms with Crippen LogP contribution in [0.25, 0.3) is 11.1 Å². The predicted molar refractivity (Wildman–Crippen MR) is 97.5 cm³/mol. The van der Waals surface area contributed by atoms with Gasteiger partial charge in [0.25, 0.3) is 0 Å². The molecule has 0 aliphatic rings. The SMILES string of the molecule is CSC(CCc1ccc(-c2ccc(F)cc2)cc1)C(N)=O.O.O.O. The van der Waals surface area contributed by atoms with E-state index >= 15 is 0 Å². The summed E-state index contributed by atoms with van der Waals surface area (Å²) in [6.45, 7) is 0. The van der Waals surface area contributed by atoms with Crippen molar-refractivity contribution in [2.24, 2.45) is 5.73 Å². The van der Waals surface area contributed by atoms with Gasteiger partial charge in [-0.15, -0.1) is 0 Å². The van der Waals surface area contributed by atoms with Crippen LogP contribution in [0.2, 0.25) is 0 Å². The van der Waals surface area contributed by atoms with Gasteiger partial charge in [0.15, 0.2) is 0 Å². The van der Waals surface area contributed by atoms with E-state index in [1.807, 2.05) is 30.5 Å². The fourth-order valence-electron chi connectivity index (χ4n) is 2.18. The Hall–Kier alpha value is -1.93. The van der Waals surface area contributed by atoms with Gasteiger partial charge in [0.2, 0.25) is 5.91 Å². The first-order chi connectivity index (χ1) is 10.1. The fraction of sp³-hybridized carbons (Fsp3) is 0.235. The van der Waals surface area contributed by atoms with Crippen molar-refractivity contribution in [3.05, 3.63) is 59.9 Å². The summed E-state index contributed by atoms with van der Waals surface area (Å²) < 4.78 is 12.9. The zero-order valence-corrected chi connectivity index (χ0v) is 14.2. The number of carbonyl (C=O) groups is 1. The van der Waals surface area contributed by atoms with E-state index in [-0.39, 0.29) is 33.4 Å². The van der Waals surface area contributed by atoms with Crippen molar-refractivity contribution in [1.29, 1.82) is 0 Å². The average Bonchev–Trinajstić information content (AvgIpc) is 2.49. The molecule has 8 N–H and O–H groups in total. The number of amides is 1. The van der Waals surface area contributed by atoms with Crippen LogP contribution in [0, 0.1) is 5.82 Å². The van der Waals surface area contributed by atoms with Gasteiger partial charge in [-0.1, -0.05) is 36.4 Å². The summed E-state index contributed by atoms with van der Waals surface area (Å²) in [6.07, 6.45) is 3.46. The summed E-state index contributed by atoms with van der Waals surface area (Å²) in [5, 5.41) is -0.137. The van der Waals surface area contributed by atoms with Crippen molar-refractivity contribution < 1.29 is 25.6 Å². The van der Waals surface area contributed by atoms with E-state index in [0.29, 0.717) is 0 Å². The minimum Gasteiger partial charge on any atom is -0.412 e. The lowest BCUT2D eigenvalue weighted by molar-refractivity contribution is -0.117. The van der Waals surface area contributed by atoms with Crippen LogP contribution in [0.5, 0.6) is 0 Å². The third-order valence-corrected chi connectivity index (χ3v) is 4.47. The maximum Gasteiger partial charge on any atom is 0.230 e. The molecule has 7 heteroatoms. The van der Waals surface area contributed by atoms with Crippen LogP contribution in [0.15, 0.2) is 48.5 Å². The second kappa shape index (κ2) is 11.6. The normalized spacial score (nSPS) is 10.6. The van der Waals surface area contributed by atoms with E-state index in [2.05, 4.69) is 0 Å². The molecule has 134 valence electrons. The van der Waals surface area contributed by atoms with E-state index in [9.17, 15) is 9.18 Å². The first-order valence-corrected chi connectivity index (χ1v) is 8.06. The van der Waals surface area contributed by atoms with Crippen molar-refractivity contribution in [3.8, 4) is 11.1 Å². The molecule has 0 fully saturated rings. The number of hydrogen-bond donors (Lipinski definition) is 1. The van der Waals surface area contributed by atoms with Gasteiger partial charge in [0, 0.05) is 0 Å². The number of rotatable bonds is 6. The molecule has 0 aliphatic carbocycles. The number of benzene rings is 2. The summed E-state index contributed by atoms with van der Waals surface area (Å²) in [6, 6.07) is 14.6. The van der Waals surface area contributed by atoms with Crippen molar-refractivity contribution in [3.63, 3.8) is 0 Å². The minimum atomic E-state index is -0.259. The zero-order valence-electron chi connectivity index (χ0n) is 13.4. The standard InChI is InChI=1S/C17H18FNOS.3H2O/c1-21-16(17(19)20)11-4-12-2-5-13(6-3-12)14-7-9-15(18)10-8-14;;;/h2-3,5-10,16H,4,11H2,1H3,(H2,19,20);3*1H2. The summed E-state index contributed by atoms with van der Waals surface area (Å²) in [5.74, 6) is -0.490. The summed E-state index contributed by atoms with van der Waals surface area (Å²) in [7, 11) is 0. The first-order valence-electron chi connectivity index (χ1n) is 6.77. The molecule has 0 radical (unpaired) electrons. The molecule has 2 aromatic rings. The van der Waals surface area contributed by atoms with Gasteiger partial charge >= 0.3 is 0 Å². The monoisotopic (exact) mass is 357 g/mol. The second-order valence-electron chi connectivity index (χ2n) is 4.87. The Balaban J connectivity index is 0. The molecule has 0 heterocycles. The lowest BCUT2D eigenvalue weighted by atomic mass is 10.0. The molecule has 24 heavy (non-hydrogen) atoms. The molecule has 2 rings (SSSR count). The van der Waals surface area contributed by atoms with Crippen molar-refractivity contribution in [1.82, 2.24) is 0 Å². The Morgan fingerprint density at radius 3 is 1.88 bits per heavy atom.